The summed E-state index contributed by atoms with van der Waals surface area (Å²) >= 11 is 0. The third-order valence-corrected chi connectivity index (χ3v) is 5.50. The monoisotopic (exact) mass is 507 g/mol. The molecule has 6 heteroatoms. The lowest BCUT2D eigenvalue weighted by Crippen LogP contribution is -2.37. The average Bonchev–Trinajstić information content (AvgIpc) is 2.74. The number of fused-ring (bicyclic) bond motifs is 2. The molecule has 4 rings (SSSR count). The number of halogens is 1. The highest BCUT2D eigenvalue weighted by molar-refractivity contribution is 14.0. The molecule has 156 valence electrons. The fraction of sp³-hybridized carbons (Fsp3) is 0.435. The van der Waals surface area contributed by atoms with Crippen molar-refractivity contribution in [2.24, 2.45) is 10.7 Å². The molecule has 0 saturated carbocycles. The van der Waals surface area contributed by atoms with Gasteiger partial charge in [0.25, 0.3) is 0 Å². The van der Waals surface area contributed by atoms with Crippen LogP contribution in [0, 0.1) is 0 Å². The second-order valence-electron chi connectivity index (χ2n) is 7.44. The van der Waals surface area contributed by atoms with E-state index in [1.165, 1.54) is 17.5 Å². The Kier molecular flexibility index (Phi) is 8.18. The van der Waals surface area contributed by atoms with Crippen LogP contribution in [0.2, 0.25) is 0 Å². The smallest absolute Gasteiger partial charge is 0.189 e. The van der Waals surface area contributed by atoms with Gasteiger partial charge in [-0.2, -0.15) is 0 Å². The van der Waals surface area contributed by atoms with E-state index >= 15 is 0 Å². The molecule has 1 aliphatic carbocycles. The summed E-state index contributed by atoms with van der Waals surface area (Å²) in [7, 11) is 0. The highest BCUT2D eigenvalue weighted by Gasteiger charge is 2.21. The molecule has 1 aliphatic heterocycles. The van der Waals surface area contributed by atoms with Crippen molar-refractivity contribution >= 4 is 29.9 Å². The van der Waals surface area contributed by atoms with Crippen molar-refractivity contribution in [3.05, 3.63) is 65.2 Å². The summed E-state index contributed by atoms with van der Waals surface area (Å²) in [5, 5.41) is 3.34. The van der Waals surface area contributed by atoms with Gasteiger partial charge < -0.3 is 20.5 Å². The van der Waals surface area contributed by atoms with Crippen molar-refractivity contribution in [2.45, 2.75) is 44.2 Å². The van der Waals surface area contributed by atoms with Gasteiger partial charge in [0.2, 0.25) is 0 Å². The minimum absolute atomic E-state index is 0. The molecule has 0 bridgehead atoms. The van der Waals surface area contributed by atoms with E-state index in [1.54, 1.807) is 0 Å². The molecule has 2 aromatic rings. The number of hydrogen-bond acceptors (Lipinski definition) is 3. The molecule has 2 aliphatic rings. The molecule has 5 nitrogen and oxygen atoms in total. The number of rotatable bonds is 6. The number of para-hydroxylation sites is 1. The Balaban J connectivity index is 0.00000240. The number of nitrogens with two attached hydrogens (primary N) is 1. The zero-order chi connectivity index (χ0) is 19.2. The summed E-state index contributed by atoms with van der Waals surface area (Å²) in [5.74, 6) is 1.42. The van der Waals surface area contributed by atoms with Crippen LogP contribution in [0.15, 0.2) is 53.5 Å². The lowest BCUT2D eigenvalue weighted by atomic mass is 9.89. The SMILES string of the molecule is I.NC(=NCCCOC1CCCc2ccccc21)NC1CCOc2ccccc21. The summed E-state index contributed by atoms with van der Waals surface area (Å²) < 4.78 is 11.8. The quantitative estimate of drug-likeness (QED) is 0.261. The molecule has 29 heavy (non-hydrogen) atoms. The van der Waals surface area contributed by atoms with Gasteiger partial charge in [-0.15, -0.1) is 24.0 Å². The van der Waals surface area contributed by atoms with Gasteiger partial charge in [0.1, 0.15) is 5.75 Å². The first kappa shape index (κ1) is 21.9. The molecule has 0 saturated heterocycles. The maximum atomic E-state index is 6.14. The van der Waals surface area contributed by atoms with E-state index in [-0.39, 0.29) is 36.1 Å². The molecule has 0 amide bonds. The first-order valence-electron chi connectivity index (χ1n) is 10.3. The molecular formula is C23H30IN3O2. The Hall–Kier alpha value is -1.80. The lowest BCUT2D eigenvalue weighted by molar-refractivity contribution is 0.0403. The van der Waals surface area contributed by atoms with Crippen LogP contribution in [-0.4, -0.2) is 25.7 Å². The molecule has 0 aromatic heterocycles. The van der Waals surface area contributed by atoms with Crippen molar-refractivity contribution in [1.29, 1.82) is 0 Å². The molecule has 3 N–H and O–H groups in total. The lowest BCUT2D eigenvalue weighted by Gasteiger charge is -2.27. The van der Waals surface area contributed by atoms with E-state index in [4.69, 9.17) is 15.2 Å². The van der Waals surface area contributed by atoms with E-state index in [0.717, 1.165) is 37.0 Å². The van der Waals surface area contributed by atoms with Crippen LogP contribution >= 0.6 is 24.0 Å². The van der Waals surface area contributed by atoms with Crippen LogP contribution in [0.3, 0.4) is 0 Å². The van der Waals surface area contributed by atoms with Gasteiger partial charge in [-0.05, 0) is 42.9 Å². The number of aliphatic imine (C=N–C) groups is 1. The minimum atomic E-state index is 0. The molecule has 0 fully saturated rings. The largest absolute Gasteiger partial charge is 0.493 e. The third kappa shape index (κ3) is 5.63. The first-order valence-corrected chi connectivity index (χ1v) is 10.3. The second-order valence-corrected chi connectivity index (χ2v) is 7.44. The van der Waals surface area contributed by atoms with Crippen LogP contribution in [0.1, 0.15) is 54.5 Å². The number of benzene rings is 2. The molecule has 2 atom stereocenters. The second kappa shape index (κ2) is 10.8. The number of guanidine groups is 1. The van der Waals surface area contributed by atoms with Gasteiger partial charge in [-0.3, -0.25) is 4.99 Å². The van der Waals surface area contributed by atoms with Crippen molar-refractivity contribution in [1.82, 2.24) is 5.32 Å². The first-order chi connectivity index (χ1) is 13.8. The predicted octanol–water partition coefficient (Wildman–Crippen LogP) is 4.52. The maximum absolute atomic E-state index is 6.14. The average molecular weight is 507 g/mol. The van der Waals surface area contributed by atoms with Crippen LogP contribution in [0.25, 0.3) is 0 Å². The number of nitrogens with zero attached hydrogens (tertiary/aromatic N) is 1. The number of ether oxygens (including phenoxy) is 2. The Bertz CT molecular complexity index is 827. The topological polar surface area (TPSA) is 68.9 Å². The molecule has 2 aromatic carbocycles. The summed E-state index contributed by atoms with van der Waals surface area (Å²) in [6, 6.07) is 16.9. The zero-order valence-corrected chi connectivity index (χ0v) is 19.0. The van der Waals surface area contributed by atoms with Gasteiger partial charge in [-0.1, -0.05) is 42.5 Å². The van der Waals surface area contributed by atoms with Crippen molar-refractivity contribution in [2.75, 3.05) is 19.8 Å². The van der Waals surface area contributed by atoms with Crippen LogP contribution in [0.5, 0.6) is 5.75 Å². The summed E-state index contributed by atoms with van der Waals surface area (Å²) in [5.41, 5.74) is 10.0. The van der Waals surface area contributed by atoms with Gasteiger partial charge >= 0.3 is 0 Å². The molecule has 0 spiro atoms. The fourth-order valence-electron chi connectivity index (χ4n) is 4.09. The van der Waals surface area contributed by atoms with E-state index in [9.17, 15) is 0 Å². The van der Waals surface area contributed by atoms with E-state index in [0.29, 0.717) is 25.7 Å². The van der Waals surface area contributed by atoms with Crippen LogP contribution in [-0.2, 0) is 11.2 Å². The normalized spacial score (nSPS) is 20.6. The number of aryl methyl sites for hydroxylation is 1. The van der Waals surface area contributed by atoms with Crippen LogP contribution < -0.4 is 15.8 Å². The maximum Gasteiger partial charge on any atom is 0.189 e. The molecule has 0 radical (unpaired) electrons. The number of nitrogens with one attached hydrogen (secondary N) is 1. The van der Waals surface area contributed by atoms with Gasteiger partial charge in [0.05, 0.1) is 18.8 Å². The van der Waals surface area contributed by atoms with E-state index in [1.807, 2.05) is 18.2 Å². The highest BCUT2D eigenvalue weighted by atomic mass is 127. The Morgan fingerprint density at radius 2 is 1.90 bits per heavy atom. The highest BCUT2D eigenvalue weighted by Crippen LogP contribution is 2.32. The van der Waals surface area contributed by atoms with E-state index in [2.05, 4.69) is 40.6 Å². The predicted molar refractivity (Wildman–Crippen MR) is 127 cm³/mol. The van der Waals surface area contributed by atoms with E-state index < -0.39 is 0 Å². The summed E-state index contributed by atoms with van der Waals surface area (Å²) in [6.45, 7) is 2.06. The van der Waals surface area contributed by atoms with Crippen molar-refractivity contribution in [3.8, 4) is 5.75 Å². The number of hydrogen-bond donors (Lipinski definition) is 2. The third-order valence-electron chi connectivity index (χ3n) is 5.50. The standard InChI is InChI=1S/C23H29N3O2.HI/c24-23(26-20-13-16-28-22-11-4-3-10-19(20)22)25-14-6-15-27-21-12-5-8-17-7-1-2-9-18(17)21;/h1-4,7,9-11,20-21H,5-6,8,12-16H2,(H3,24,25,26);1H. The summed E-state index contributed by atoms with van der Waals surface area (Å²) in [4.78, 5) is 4.48. The Morgan fingerprint density at radius 3 is 2.79 bits per heavy atom. The molecular weight excluding hydrogens is 477 g/mol. The Morgan fingerprint density at radius 1 is 1.10 bits per heavy atom. The Labute approximate surface area is 190 Å². The molecule has 2 unspecified atom stereocenters. The zero-order valence-electron chi connectivity index (χ0n) is 16.7. The summed E-state index contributed by atoms with van der Waals surface area (Å²) in [6.07, 6.45) is 5.44. The molecule has 1 heterocycles. The van der Waals surface area contributed by atoms with Crippen LogP contribution in [0.4, 0.5) is 0 Å². The van der Waals surface area contributed by atoms with Gasteiger partial charge in [0, 0.05) is 25.1 Å². The van der Waals surface area contributed by atoms with Gasteiger partial charge in [0.15, 0.2) is 5.96 Å². The van der Waals surface area contributed by atoms with Gasteiger partial charge in [-0.25, -0.2) is 0 Å². The fourth-order valence-corrected chi connectivity index (χ4v) is 4.09. The van der Waals surface area contributed by atoms with Crippen molar-refractivity contribution < 1.29 is 9.47 Å². The van der Waals surface area contributed by atoms with Crippen molar-refractivity contribution in [3.63, 3.8) is 0 Å². The minimum Gasteiger partial charge on any atom is -0.493 e.